The van der Waals surface area contributed by atoms with Gasteiger partial charge >= 0.3 is 0 Å². The fourth-order valence-corrected chi connectivity index (χ4v) is 1.43. The van der Waals surface area contributed by atoms with Gasteiger partial charge < -0.3 is 11.1 Å². The van der Waals surface area contributed by atoms with Crippen LogP contribution in [0.1, 0.15) is 11.4 Å². The molecule has 0 saturated heterocycles. The molecule has 0 fully saturated rings. The molecule has 0 aliphatic carbocycles. The van der Waals surface area contributed by atoms with E-state index in [1.807, 2.05) is 6.92 Å². The van der Waals surface area contributed by atoms with Crippen molar-refractivity contribution in [3.8, 4) is 0 Å². The van der Waals surface area contributed by atoms with Crippen molar-refractivity contribution in [1.82, 2.24) is 9.97 Å². The number of anilines is 2. The van der Waals surface area contributed by atoms with Gasteiger partial charge in [0.05, 0.1) is 35.5 Å². The molecule has 0 bridgehead atoms. The van der Waals surface area contributed by atoms with Crippen molar-refractivity contribution in [3.63, 3.8) is 0 Å². The first-order valence-electron chi connectivity index (χ1n) is 5.33. The van der Waals surface area contributed by atoms with Gasteiger partial charge in [-0.1, -0.05) is 0 Å². The number of halogens is 2. The van der Waals surface area contributed by atoms with Gasteiger partial charge in [-0.15, -0.1) is 0 Å². The van der Waals surface area contributed by atoms with E-state index in [4.69, 9.17) is 5.73 Å². The molecule has 0 amide bonds. The fraction of sp³-hybridized carbons (Fsp3) is 0.167. The molecular formula is C12H12F2N4. The highest BCUT2D eigenvalue weighted by Gasteiger charge is 2.11. The number of nitrogens with zero attached hydrogens (tertiary/aromatic N) is 2. The van der Waals surface area contributed by atoms with Crippen LogP contribution in [-0.4, -0.2) is 9.97 Å². The van der Waals surface area contributed by atoms with Gasteiger partial charge in [-0.2, -0.15) is 0 Å². The molecule has 1 heterocycles. The predicted molar refractivity (Wildman–Crippen MR) is 64.9 cm³/mol. The van der Waals surface area contributed by atoms with E-state index in [1.54, 1.807) is 12.4 Å². The van der Waals surface area contributed by atoms with Crippen LogP contribution in [0.2, 0.25) is 0 Å². The van der Waals surface area contributed by atoms with E-state index in [1.165, 1.54) is 6.07 Å². The first-order valence-corrected chi connectivity index (χ1v) is 5.33. The monoisotopic (exact) mass is 250 g/mol. The lowest BCUT2D eigenvalue weighted by atomic mass is 10.2. The zero-order chi connectivity index (χ0) is 13.1. The highest BCUT2D eigenvalue weighted by molar-refractivity contribution is 5.66. The molecule has 1 aromatic heterocycles. The van der Waals surface area contributed by atoms with Gasteiger partial charge in [0.2, 0.25) is 0 Å². The van der Waals surface area contributed by atoms with Crippen LogP contribution in [0.25, 0.3) is 0 Å². The second kappa shape index (κ2) is 4.95. The molecule has 2 aromatic rings. The van der Waals surface area contributed by atoms with E-state index in [2.05, 4.69) is 15.3 Å². The molecular weight excluding hydrogens is 238 g/mol. The highest BCUT2D eigenvalue weighted by Crippen LogP contribution is 2.24. The van der Waals surface area contributed by atoms with Crippen LogP contribution in [0.5, 0.6) is 0 Å². The van der Waals surface area contributed by atoms with Gasteiger partial charge in [-0.25, -0.2) is 8.78 Å². The molecule has 0 unspecified atom stereocenters. The quantitative estimate of drug-likeness (QED) is 0.820. The number of nitrogen functional groups attached to an aromatic ring is 1. The largest absolute Gasteiger partial charge is 0.397 e. The molecule has 18 heavy (non-hydrogen) atoms. The molecule has 0 aliphatic rings. The third-order valence-corrected chi connectivity index (χ3v) is 2.41. The number of aromatic nitrogens is 2. The minimum absolute atomic E-state index is 0.0580. The zero-order valence-corrected chi connectivity index (χ0v) is 9.74. The summed E-state index contributed by atoms with van der Waals surface area (Å²) < 4.78 is 26.5. The summed E-state index contributed by atoms with van der Waals surface area (Å²) >= 11 is 0. The van der Waals surface area contributed by atoms with Crippen molar-refractivity contribution < 1.29 is 8.78 Å². The second-order valence-electron chi connectivity index (χ2n) is 3.83. The third-order valence-electron chi connectivity index (χ3n) is 2.41. The van der Waals surface area contributed by atoms with Crippen LogP contribution in [0.3, 0.4) is 0 Å². The summed E-state index contributed by atoms with van der Waals surface area (Å²) in [6.45, 7) is 2.03. The summed E-state index contributed by atoms with van der Waals surface area (Å²) in [5, 5.41) is 2.72. The number of hydrogen-bond acceptors (Lipinski definition) is 4. The van der Waals surface area contributed by atoms with Crippen molar-refractivity contribution in [2.45, 2.75) is 13.5 Å². The van der Waals surface area contributed by atoms with Gasteiger partial charge in [0, 0.05) is 6.20 Å². The summed E-state index contributed by atoms with van der Waals surface area (Å²) in [6, 6.07) is 2.29. The summed E-state index contributed by atoms with van der Waals surface area (Å²) in [4.78, 5) is 8.15. The van der Waals surface area contributed by atoms with Gasteiger partial charge in [0.25, 0.3) is 0 Å². The van der Waals surface area contributed by atoms with Crippen molar-refractivity contribution in [3.05, 3.63) is 47.5 Å². The smallest absolute Gasteiger partial charge is 0.183 e. The maximum absolute atomic E-state index is 13.5. The highest BCUT2D eigenvalue weighted by atomic mass is 19.2. The summed E-state index contributed by atoms with van der Waals surface area (Å²) in [5.74, 6) is -1.93. The molecule has 6 heteroatoms. The number of hydrogen-bond donors (Lipinski definition) is 2. The van der Waals surface area contributed by atoms with Gasteiger partial charge in [-0.3, -0.25) is 9.97 Å². The van der Waals surface area contributed by atoms with Crippen molar-refractivity contribution in [2.75, 3.05) is 11.1 Å². The molecule has 94 valence electrons. The lowest BCUT2D eigenvalue weighted by Crippen LogP contribution is -2.07. The number of nitrogens with one attached hydrogen (secondary N) is 1. The summed E-state index contributed by atoms with van der Waals surface area (Å²) in [6.07, 6.45) is 3.16. The standard InChI is InChI=1S/C12H12F2N4/c1-7-4-17-8(5-16-7)6-18-12-10(15)3-2-9(13)11(12)14/h2-5,18H,6,15H2,1H3. The Bertz CT molecular complexity index is 555. The third kappa shape index (κ3) is 2.53. The Hall–Kier alpha value is -2.24. The maximum Gasteiger partial charge on any atom is 0.183 e. The van der Waals surface area contributed by atoms with Crippen LogP contribution in [-0.2, 0) is 6.54 Å². The van der Waals surface area contributed by atoms with E-state index in [9.17, 15) is 8.78 Å². The summed E-state index contributed by atoms with van der Waals surface area (Å²) in [7, 11) is 0. The summed E-state index contributed by atoms with van der Waals surface area (Å²) in [5.41, 5.74) is 7.06. The Morgan fingerprint density at radius 3 is 2.67 bits per heavy atom. The van der Waals surface area contributed by atoms with Crippen LogP contribution in [0.15, 0.2) is 24.5 Å². The van der Waals surface area contributed by atoms with Crippen LogP contribution >= 0.6 is 0 Å². The minimum Gasteiger partial charge on any atom is -0.397 e. The molecule has 3 N–H and O–H groups in total. The van der Waals surface area contributed by atoms with Gasteiger partial charge in [0.1, 0.15) is 0 Å². The zero-order valence-electron chi connectivity index (χ0n) is 9.74. The van der Waals surface area contributed by atoms with E-state index in [-0.39, 0.29) is 17.9 Å². The normalized spacial score (nSPS) is 10.4. The maximum atomic E-state index is 13.5. The molecule has 0 atom stereocenters. The first-order chi connectivity index (χ1) is 8.58. The molecule has 1 aromatic carbocycles. The van der Waals surface area contributed by atoms with E-state index >= 15 is 0 Å². The fourth-order valence-electron chi connectivity index (χ4n) is 1.43. The lowest BCUT2D eigenvalue weighted by Gasteiger charge is -2.10. The molecule has 0 spiro atoms. The van der Waals surface area contributed by atoms with E-state index in [0.29, 0.717) is 5.69 Å². The van der Waals surface area contributed by atoms with Crippen molar-refractivity contribution >= 4 is 11.4 Å². The van der Waals surface area contributed by atoms with E-state index < -0.39 is 11.6 Å². The number of aryl methyl sites for hydroxylation is 1. The number of benzene rings is 1. The first kappa shape index (κ1) is 12.2. The Kier molecular flexibility index (Phi) is 3.36. The molecule has 0 aliphatic heterocycles. The van der Waals surface area contributed by atoms with Crippen LogP contribution < -0.4 is 11.1 Å². The average molecular weight is 250 g/mol. The SMILES string of the molecule is Cc1cnc(CNc2c(N)ccc(F)c2F)cn1. The molecule has 2 rings (SSSR count). The predicted octanol–water partition coefficient (Wildman–Crippen LogP) is 2.26. The number of nitrogens with two attached hydrogens (primary N) is 1. The Labute approximate surface area is 103 Å². The van der Waals surface area contributed by atoms with E-state index in [0.717, 1.165) is 11.8 Å². The lowest BCUT2D eigenvalue weighted by molar-refractivity contribution is 0.511. The molecule has 0 saturated carbocycles. The van der Waals surface area contributed by atoms with Gasteiger partial charge in [-0.05, 0) is 19.1 Å². The average Bonchev–Trinajstić information content (AvgIpc) is 2.36. The topological polar surface area (TPSA) is 63.8 Å². The van der Waals surface area contributed by atoms with Crippen molar-refractivity contribution in [2.24, 2.45) is 0 Å². The Balaban J connectivity index is 2.15. The Morgan fingerprint density at radius 1 is 1.22 bits per heavy atom. The minimum atomic E-state index is -0.991. The van der Waals surface area contributed by atoms with Gasteiger partial charge in [0.15, 0.2) is 11.6 Å². The van der Waals surface area contributed by atoms with Crippen LogP contribution in [0.4, 0.5) is 20.2 Å². The van der Waals surface area contributed by atoms with Crippen molar-refractivity contribution in [1.29, 1.82) is 0 Å². The van der Waals surface area contributed by atoms with Crippen LogP contribution in [0, 0.1) is 18.6 Å². The number of rotatable bonds is 3. The second-order valence-corrected chi connectivity index (χ2v) is 3.83. The molecule has 0 radical (unpaired) electrons. The molecule has 4 nitrogen and oxygen atoms in total. The Morgan fingerprint density at radius 2 is 2.00 bits per heavy atom.